The first-order valence-corrected chi connectivity index (χ1v) is 8.11. The van der Waals surface area contributed by atoms with E-state index in [1.165, 1.54) is 12.1 Å². The first-order chi connectivity index (χ1) is 12.1. The predicted molar refractivity (Wildman–Crippen MR) is 92.8 cm³/mol. The second kappa shape index (κ2) is 7.30. The molecule has 1 aromatic heterocycles. The number of benzene rings is 2. The van der Waals surface area contributed by atoms with Crippen molar-refractivity contribution >= 4 is 22.7 Å². The molecule has 3 aromatic rings. The Hall–Kier alpha value is -2.95. The van der Waals surface area contributed by atoms with Crippen molar-refractivity contribution in [3.63, 3.8) is 0 Å². The number of rotatable bonds is 6. The van der Waals surface area contributed by atoms with E-state index >= 15 is 0 Å². The van der Waals surface area contributed by atoms with Crippen molar-refractivity contribution in [3.05, 3.63) is 71.7 Å². The highest BCUT2D eigenvalue weighted by molar-refractivity contribution is 6.33. The number of H-pyrrole nitrogens is 1. The molecule has 0 aliphatic heterocycles. The molecule has 0 amide bonds. The van der Waals surface area contributed by atoms with E-state index in [4.69, 9.17) is 4.74 Å². The Balaban J connectivity index is 2.01. The number of hydrogen-bond acceptors (Lipinski definition) is 3. The number of hydrogen-bond donors (Lipinski definition) is 1. The van der Waals surface area contributed by atoms with Crippen LogP contribution in [0.15, 0.2) is 54.7 Å². The normalized spacial score (nSPS) is 12.1. The number of para-hydroxylation sites is 1. The summed E-state index contributed by atoms with van der Waals surface area (Å²) in [7, 11) is 0. The van der Waals surface area contributed by atoms with E-state index in [1.807, 2.05) is 30.5 Å². The summed E-state index contributed by atoms with van der Waals surface area (Å²) in [5, 5.41) is 0.966. The van der Waals surface area contributed by atoms with Gasteiger partial charge in [0.1, 0.15) is 5.82 Å². The molecule has 0 saturated carbocycles. The Labute approximate surface area is 144 Å². The molecule has 0 aliphatic rings. The molecule has 128 valence electrons. The second-order valence-corrected chi connectivity index (χ2v) is 5.74. The molecule has 3 rings (SSSR count). The van der Waals surface area contributed by atoms with Gasteiger partial charge in [-0.1, -0.05) is 30.3 Å². The van der Waals surface area contributed by atoms with Gasteiger partial charge in [0, 0.05) is 29.4 Å². The molecule has 1 N–H and O–H groups in total. The van der Waals surface area contributed by atoms with Gasteiger partial charge in [0.25, 0.3) is 0 Å². The lowest BCUT2D eigenvalue weighted by Crippen LogP contribution is -2.20. The molecule has 0 bridgehead atoms. The van der Waals surface area contributed by atoms with Crippen LogP contribution in [0, 0.1) is 5.82 Å². The molecule has 1 unspecified atom stereocenters. The van der Waals surface area contributed by atoms with Crippen LogP contribution in [-0.2, 0) is 14.3 Å². The molecule has 4 nitrogen and oxygen atoms in total. The highest BCUT2D eigenvalue weighted by Crippen LogP contribution is 2.33. The number of esters is 1. The number of carbonyl (C=O) groups excluding carboxylic acids is 2. The van der Waals surface area contributed by atoms with E-state index < -0.39 is 11.8 Å². The Morgan fingerprint density at radius 2 is 1.84 bits per heavy atom. The Bertz CT molecular complexity index is 899. The fourth-order valence-electron chi connectivity index (χ4n) is 2.97. The summed E-state index contributed by atoms with van der Waals surface area (Å²) >= 11 is 0. The molecular weight excluding hydrogens is 321 g/mol. The lowest BCUT2D eigenvalue weighted by atomic mass is 9.87. The van der Waals surface area contributed by atoms with Crippen LogP contribution in [0.5, 0.6) is 0 Å². The van der Waals surface area contributed by atoms with Gasteiger partial charge in [-0.15, -0.1) is 0 Å². The molecule has 0 aliphatic carbocycles. The molecule has 0 spiro atoms. The number of nitrogens with one attached hydrogen (secondary N) is 1. The third kappa shape index (κ3) is 3.60. The summed E-state index contributed by atoms with van der Waals surface area (Å²) in [6.07, 6.45) is 1.80. The van der Waals surface area contributed by atoms with E-state index in [0.717, 1.165) is 22.0 Å². The minimum Gasteiger partial charge on any atom is -0.460 e. The van der Waals surface area contributed by atoms with Crippen molar-refractivity contribution in [1.29, 1.82) is 0 Å². The van der Waals surface area contributed by atoms with Gasteiger partial charge in [0.05, 0.1) is 6.61 Å². The highest BCUT2D eigenvalue weighted by Gasteiger charge is 2.25. The molecule has 25 heavy (non-hydrogen) atoms. The van der Waals surface area contributed by atoms with Gasteiger partial charge in [-0.25, -0.2) is 9.18 Å². The number of ether oxygens (including phenoxy) is 1. The molecular formula is C20H18FNO3. The first-order valence-electron chi connectivity index (χ1n) is 8.11. The largest absolute Gasteiger partial charge is 0.460 e. The fourth-order valence-corrected chi connectivity index (χ4v) is 2.97. The second-order valence-electron chi connectivity index (χ2n) is 5.74. The summed E-state index contributed by atoms with van der Waals surface area (Å²) in [4.78, 5) is 27.2. The number of Topliss-reactive ketones (excluding diaryl/α,β-unsaturated/α-hetero) is 1. The van der Waals surface area contributed by atoms with Crippen LogP contribution in [0.25, 0.3) is 10.9 Å². The van der Waals surface area contributed by atoms with Crippen LogP contribution in [-0.4, -0.2) is 23.3 Å². The maximum absolute atomic E-state index is 13.3. The summed E-state index contributed by atoms with van der Waals surface area (Å²) in [5.41, 5.74) is 2.59. The topological polar surface area (TPSA) is 59.2 Å². The van der Waals surface area contributed by atoms with Crippen LogP contribution in [0.3, 0.4) is 0 Å². The van der Waals surface area contributed by atoms with E-state index in [-0.39, 0.29) is 24.8 Å². The van der Waals surface area contributed by atoms with Gasteiger partial charge in [-0.05, 0) is 36.2 Å². The summed E-state index contributed by atoms with van der Waals surface area (Å²) in [5.74, 6) is -2.15. The monoisotopic (exact) mass is 339 g/mol. The summed E-state index contributed by atoms with van der Waals surface area (Å²) in [6.45, 7) is 1.81. The summed E-state index contributed by atoms with van der Waals surface area (Å²) in [6, 6.07) is 13.7. The van der Waals surface area contributed by atoms with Gasteiger partial charge < -0.3 is 9.72 Å². The number of aromatic amines is 1. The molecule has 0 fully saturated rings. The standard InChI is InChI=1S/C20H18FNO3/c1-2-25-20(24)19(23)11-16(13-7-9-14(21)10-8-13)17-12-22-18-6-4-3-5-15(17)18/h3-10,12,16,22H,2,11H2,1H3. The maximum atomic E-state index is 13.3. The molecule has 2 aromatic carbocycles. The number of fused-ring (bicyclic) bond motifs is 1. The number of halogens is 1. The Morgan fingerprint density at radius 1 is 1.12 bits per heavy atom. The van der Waals surface area contributed by atoms with Gasteiger partial charge >= 0.3 is 5.97 Å². The van der Waals surface area contributed by atoms with Gasteiger partial charge in [0.2, 0.25) is 5.78 Å². The van der Waals surface area contributed by atoms with Crippen molar-refractivity contribution in [2.75, 3.05) is 6.61 Å². The third-order valence-corrected chi connectivity index (χ3v) is 4.16. The van der Waals surface area contributed by atoms with Crippen molar-refractivity contribution in [2.45, 2.75) is 19.3 Å². The Kier molecular flexibility index (Phi) is 4.93. The van der Waals surface area contributed by atoms with E-state index in [9.17, 15) is 14.0 Å². The summed E-state index contributed by atoms with van der Waals surface area (Å²) < 4.78 is 18.1. The van der Waals surface area contributed by atoms with E-state index in [2.05, 4.69) is 4.98 Å². The zero-order chi connectivity index (χ0) is 17.8. The molecule has 0 radical (unpaired) electrons. The van der Waals surface area contributed by atoms with E-state index in [0.29, 0.717) is 0 Å². The molecule has 1 atom stereocenters. The highest BCUT2D eigenvalue weighted by atomic mass is 19.1. The first kappa shape index (κ1) is 16.9. The third-order valence-electron chi connectivity index (χ3n) is 4.16. The average Bonchev–Trinajstić information content (AvgIpc) is 3.04. The van der Waals surface area contributed by atoms with Gasteiger partial charge in [0.15, 0.2) is 0 Å². The lowest BCUT2D eigenvalue weighted by Gasteiger charge is -2.16. The SMILES string of the molecule is CCOC(=O)C(=O)CC(c1ccc(F)cc1)c1c[nH]c2ccccc12. The minimum atomic E-state index is -0.838. The van der Waals surface area contributed by atoms with Crippen LogP contribution in [0.1, 0.15) is 30.4 Å². The smallest absolute Gasteiger partial charge is 0.374 e. The minimum absolute atomic E-state index is 0.0354. The van der Waals surface area contributed by atoms with Crippen molar-refractivity contribution in [3.8, 4) is 0 Å². The maximum Gasteiger partial charge on any atom is 0.374 e. The fraction of sp³-hybridized carbons (Fsp3) is 0.200. The van der Waals surface area contributed by atoms with Gasteiger partial charge in [-0.3, -0.25) is 4.79 Å². The Morgan fingerprint density at radius 3 is 2.56 bits per heavy atom. The lowest BCUT2D eigenvalue weighted by molar-refractivity contribution is -0.153. The van der Waals surface area contributed by atoms with Crippen LogP contribution >= 0.6 is 0 Å². The van der Waals surface area contributed by atoms with Crippen molar-refractivity contribution in [2.24, 2.45) is 0 Å². The number of aromatic nitrogens is 1. The molecule has 1 heterocycles. The number of carbonyl (C=O) groups is 2. The molecule has 5 heteroatoms. The van der Waals surface area contributed by atoms with Crippen molar-refractivity contribution in [1.82, 2.24) is 4.98 Å². The van der Waals surface area contributed by atoms with Crippen LogP contribution in [0.2, 0.25) is 0 Å². The quantitative estimate of drug-likeness (QED) is 0.546. The zero-order valence-electron chi connectivity index (χ0n) is 13.8. The molecule has 0 saturated heterocycles. The zero-order valence-corrected chi connectivity index (χ0v) is 13.8. The van der Waals surface area contributed by atoms with Crippen molar-refractivity contribution < 1.29 is 18.7 Å². The van der Waals surface area contributed by atoms with Crippen LogP contribution < -0.4 is 0 Å². The van der Waals surface area contributed by atoms with Gasteiger partial charge in [-0.2, -0.15) is 0 Å². The number of ketones is 1. The average molecular weight is 339 g/mol. The predicted octanol–water partition coefficient (Wildman–Crippen LogP) is 3.96. The van der Waals surface area contributed by atoms with Crippen LogP contribution in [0.4, 0.5) is 4.39 Å². The van der Waals surface area contributed by atoms with E-state index in [1.54, 1.807) is 19.1 Å².